The lowest BCUT2D eigenvalue weighted by atomic mass is 10.0. The Labute approximate surface area is 145 Å². The van der Waals surface area contributed by atoms with E-state index < -0.39 is 0 Å². The molecule has 2 amide bonds. The molecule has 128 valence electrons. The van der Waals surface area contributed by atoms with Gasteiger partial charge in [-0.25, -0.2) is 4.98 Å². The van der Waals surface area contributed by atoms with Crippen LogP contribution in [0, 0.1) is 5.92 Å². The van der Waals surface area contributed by atoms with Gasteiger partial charge in [0.05, 0.1) is 15.2 Å². The van der Waals surface area contributed by atoms with E-state index in [1.165, 1.54) is 11.6 Å². The number of aromatic nitrogens is 1. The zero-order valence-corrected chi connectivity index (χ0v) is 14.7. The van der Waals surface area contributed by atoms with E-state index in [0.717, 1.165) is 36.2 Å². The molecule has 2 atom stereocenters. The van der Waals surface area contributed by atoms with E-state index in [-0.39, 0.29) is 17.7 Å². The minimum absolute atomic E-state index is 0.0317. The zero-order valence-electron chi connectivity index (χ0n) is 13.9. The standard InChI is InChI=1S/C18H23N3O2S/c1-12(22)19-9-4-10-20-17(23)13-7-8-14(11-13)18-21-15-5-2-3-6-16(15)24-18/h2-3,5-6,13-14H,4,7-11H2,1H3,(H,19,22)(H,20,23)/t13-,14-/m0/s1. The zero-order chi connectivity index (χ0) is 16.9. The average molecular weight is 345 g/mol. The third-order valence-electron chi connectivity index (χ3n) is 4.49. The van der Waals surface area contributed by atoms with Crippen LogP contribution in [0.2, 0.25) is 0 Å². The van der Waals surface area contributed by atoms with E-state index in [0.29, 0.717) is 19.0 Å². The van der Waals surface area contributed by atoms with E-state index in [1.54, 1.807) is 11.3 Å². The van der Waals surface area contributed by atoms with Crippen molar-refractivity contribution in [2.24, 2.45) is 5.92 Å². The van der Waals surface area contributed by atoms with Gasteiger partial charge in [-0.1, -0.05) is 12.1 Å². The predicted molar refractivity (Wildman–Crippen MR) is 96.0 cm³/mol. The van der Waals surface area contributed by atoms with Crippen molar-refractivity contribution in [3.63, 3.8) is 0 Å². The number of para-hydroxylation sites is 1. The molecule has 1 aliphatic carbocycles. The highest BCUT2D eigenvalue weighted by atomic mass is 32.1. The van der Waals surface area contributed by atoms with E-state index in [9.17, 15) is 9.59 Å². The molecule has 1 fully saturated rings. The van der Waals surface area contributed by atoms with Crippen LogP contribution in [0.3, 0.4) is 0 Å². The second kappa shape index (κ2) is 7.75. The minimum atomic E-state index is -0.0317. The maximum atomic E-state index is 12.3. The molecule has 0 unspecified atom stereocenters. The Morgan fingerprint density at radius 2 is 2.00 bits per heavy atom. The van der Waals surface area contributed by atoms with Crippen LogP contribution in [0.4, 0.5) is 0 Å². The molecule has 2 N–H and O–H groups in total. The first-order chi connectivity index (χ1) is 11.6. The SMILES string of the molecule is CC(=O)NCCCNC(=O)[C@H]1CC[C@H](c2nc3ccccc3s2)C1. The lowest BCUT2D eigenvalue weighted by Crippen LogP contribution is -2.32. The topological polar surface area (TPSA) is 71.1 Å². The second-order valence-electron chi connectivity index (χ2n) is 6.35. The third kappa shape index (κ3) is 4.12. The third-order valence-corrected chi connectivity index (χ3v) is 5.69. The molecule has 0 aliphatic heterocycles. The van der Waals surface area contributed by atoms with Crippen molar-refractivity contribution in [3.8, 4) is 0 Å². The summed E-state index contributed by atoms with van der Waals surface area (Å²) in [7, 11) is 0. The molecule has 0 bridgehead atoms. The summed E-state index contributed by atoms with van der Waals surface area (Å²) in [4.78, 5) is 27.8. The van der Waals surface area contributed by atoms with Crippen LogP contribution < -0.4 is 10.6 Å². The van der Waals surface area contributed by atoms with Crippen LogP contribution in [0.5, 0.6) is 0 Å². The summed E-state index contributed by atoms with van der Waals surface area (Å²) in [5.41, 5.74) is 1.06. The van der Waals surface area contributed by atoms with E-state index in [2.05, 4.69) is 16.7 Å². The lowest BCUT2D eigenvalue weighted by molar-refractivity contribution is -0.124. The number of amides is 2. The quantitative estimate of drug-likeness (QED) is 0.791. The number of carbonyl (C=O) groups excluding carboxylic acids is 2. The maximum Gasteiger partial charge on any atom is 0.223 e. The van der Waals surface area contributed by atoms with Crippen molar-refractivity contribution >= 4 is 33.4 Å². The molecule has 1 aliphatic rings. The highest BCUT2D eigenvalue weighted by Gasteiger charge is 2.32. The number of carbonyl (C=O) groups is 2. The molecule has 3 rings (SSSR count). The molecule has 5 nitrogen and oxygen atoms in total. The van der Waals surface area contributed by atoms with E-state index >= 15 is 0 Å². The smallest absolute Gasteiger partial charge is 0.223 e. The van der Waals surface area contributed by atoms with Gasteiger partial charge in [-0.15, -0.1) is 11.3 Å². The molecule has 1 heterocycles. The van der Waals surface area contributed by atoms with Crippen molar-refractivity contribution in [1.29, 1.82) is 0 Å². The Bertz CT molecular complexity index is 695. The monoisotopic (exact) mass is 345 g/mol. The van der Waals surface area contributed by atoms with Gasteiger partial charge in [0, 0.05) is 31.8 Å². The Kier molecular flexibility index (Phi) is 5.45. The first-order valence-corrected chi connectivity index (χ1v) is 9.33. The van der Waals surface area contributed by atoms with Crippen LogP contribution in [-0.2, 0) is 9.59 Å². The molecule has 0 saturated heterocycles. The molecule has 1 aromatic heterocycles. The second-order valence-corrected chi connectivity index (χ2v) is 7.42. The molecular formula is C18H23N3O2S. The van der Waals surface area contributed by atoms with Gasteiger partial charge >= 0.3 is 0 Å². The number of rotatable bonds is 6. The van der Waals surface area contributed by atoms with Crippen molar-refractivity contribution in [1.82, 2.24) is 15.6 Å². The van der Waals surface area contributed by atoms with Gasteiger partial charge in [0.25, 0.3) is 0 Å². The Morgan fingerprint density at radius 1 is 1.21 bits per heavy atom. The van der Waals surface area contributed by atoms with Gasteiger partial charge in [0.1, 0.15) is 0 Å². The fourth-order valence-corrected chi connectivity index (χ4v) is 4.33. The Morgan fingerprint density at radius 3 is 2.79 bits per heavy atom. The first kappa shape index (κ1) is 16.9. The number of thiazole rings is 1. The number of nitrogens with one attached hydrogen (secondary N) is 2. The fraction of sp³-hybridized carbons (Fsp3) is 0.500. The molecule has 0 spiro atoms. The number of fused-ring (bicyclic) bond motifs is 1. The summed E-state index contributed by atoms with van der Waals surface area (Å²) in [6.45, 7) is 2.72. The molecule has 24 heavy (non-hydrogen) atoms. The molecular weight excluding hydrogens is 322 g/mol. The van der Waals surface area contributed by atoms with Crippen LogP contribution in [-0.4, -0.2) is 29.9 Å². The summed E-state index contributed by atoms with van der Waals surface area (Å²) in [5, 5.41) is 6.89. The van der Waals surface area contributed by atoms with Crippen LogP contribution in [0.15, 0.2) is 24.3 Å². The van der Waals surface area contributed by atoms with Gasteiger partial charge in [0.15, 0.2) is 0 Å². The number of benzene rings is 1. The molecule has 1 aromatic carbocycles. The molecule has 2 aromatic rings. The normalized spacial score (nSPS) is 20.2. The number of hydrogen-bond donors (Lipinski definition) is 2. The van der Waals surface area contributed by atoms with Crippen LogP contribution >= 0.6 is 11.3 Å². The van der Waals surface area contributed by atoms with Crippen molar-refractivity contribution in [2.75, 3.05) is 13.1 Å². The Hall–Kier alpha value is -1.95. The van der Waals surface area contributed by atoms with Crippen molar-refractivity contribution in [3.05, 3.63) is 29.3 Å². The van der Waals surface area contributed by atoms with E-state index in [1.807, 2.05) is 18.2 Å². The van der Waals surface area contributed by atoms with Gasteiger partial charge < -0.3 is 10.6 Å². The summed E-state index contributed by atoms with van der Waals surface area (Å²) in [5.74, 6) is 0.595. The fourth-order valence-electron chi connectivity index (χ4n) is 3.22. The lowest BCUT2D eigenvalue weighted by Gasteiger charge is -2.11. The van der Waals surface area contributed by atoms with Crippen LogP contribution in [0.1, 0.15) is 43.5 Å². The molecule has 1 saturated carbocycles. The van der Waals surface area contributed by atoms with E-state index in [4.69, 9.17) is 4.98 Å². The first-order valence-electron chi connectivity index (χ1n) is 8.51. The van der Waals surface area contributed by atoms with Crippen LogP contribution in [0.25, 0.3) is 10.2 Å². The van der Waals surface area contributed by atoms with Crippen molar-refractivity contribution in [2.45, 2.75) is 38.5 Å². The van der Waals surface area contributed by atoms with Gasteiger partial charge in [-0.3, -0.25) is 9.59 Å². The summed E-state index contributed by atoms with van der Waals surface area (Å²) >= 11 is 1.75. The van der Waals surface area contributed by atoms with Gasteiger partial charge in [-0.2, -0.15) is 0 Å². The maximum absolute atomic E-state index is 12.3. The summed E-state index contributed by atoms with van der Waals surface area (Å²) in [6.07, 6.45) is 3.61. The largest absolute Gasteiger partial charge is 0.356 e. The minimum Gasteiger partial charge on any atom is -0.356 e. The highest BCUT2D eigenvalue weighted by molar-refractivity contribution is 7.18. The van der Waals surface area contributed by atoms with Gasteiger partial charge in [-0.05, 0) is 37.8 Å². The number of nitrogens with zero attached hydrogens (tertiary/aromatic N) is 1. The summed E-state index contributed by atoms with van der Waals surface area (Å²) < 4.78 is 1.22. The average Bonchev–Trinajstić information content (AvgIpc) is 3.20. The van der Waals surface area contributed by atoms with Gasteiger partial charge in [0.2, 0.25) is 11.8 Å². The predicted octanol–water partition coefficient (Wildman–Crippen LogP) is 2.82. The van der Waals surface area contributed by atoms with Crippen molar-refractivity contribution < 1.29 is 9.59 Å². The Balaban J connectivity index is 1.48. The molecule has 0 radical (unpaired) electrons. The molecule has 6 heteroatoms. The summed E-state index contributed by atoms with van der Waals surface area (Å²) in [6, 6.07) is 8.20. The number of hydrogen-bond acceptors (Lipinski definition) is 4. The highest BCUT2D eigenvalue weighted by Crippen LogP contribution is 2.41.